The summed E-state index contributed by atoms with van der Waals surface area (Å²) in [4.78, 5) is 0. The Morgan fingerprint density at radius 1 is 0.696 bits per heavy atom. The molecule has 23 heavy (non-hydrogen) atoms. The minimum Gasteiger partial charge on any atom is -0.394 e. The van der Waals surface area contributed by atoms with Gasteiger partial charge >= 0.3 is 0 Å². The monoisotopic (exact) mass is 342 g/mol. The van der Waals surface area contributed by atoms with Gasteiger partial charge in [-0.1, -0.05) is 0 Å². The summed E-state index contributed by atoms with van der Waals surface area (Å²) in [7, 11) is 0. The van der Waals surface area contributed by atoms with E-state index < -0.39 is 73.9 Å². The van der Waals surface area contributed by atoms with Gasteiger partial charge in [-0.2, -0.15) is 0 Å². The molecule has 9 N–H and O–H groups in total. The second kappa shape index (κ2) is 6.82. The van der Waals surface area contributed by atoms with Gasteiger partial charge in [0, 0.05) is 0 Å². The summed E-state index contributed by atoms with van der Waals surface area (Å²) in [5, 5.41) is 88.1. The molecule has 2 saturated heterocycles. The van der Waals surface area contributed by atoms with Gasteiger partial charge in [0.15, 0.2) is 11.9 Å². The van der Waals surface area contributed by atoms with E-state index in [-0.39, 0.29) is 0 Å². The molecule has 0 amide bonds. The van der Waals surface area contributed by atoms with Crippen molar-refractivity contribution >= 4 is 0 Å². The van der Waals surface area contributed by atoms with Crippen LogP contribution in [0.3, 0.4) is 0 Å². The van der Waals surface area contributed by atoms with Crippen LogP contribution < -0.4 is 0 Å². The average molecular weight is 342 g/mol. The van der Waals surface area contributed by atoms with E-state index in [9.17, 15) is 35.7 Å². The first kappa shape index (κ1) is 18.9. The molecule has 0 spiro atoms. The topological polar surface area (TPSA) is 201 Å². The lowest BCUT2D eigenvalue weighted by atomic mass is 9.77. The number of rotatable bonds is 3. The van der Waals surface area contributed by atoms with E-state index in [1.165, 1.54) is 0 Å². The highest BCUT2D eigenvalue weighted by Gasteiger charge is 2.63. The van der Waals surface area contributed by atoms with Gasteiger partial charge in [-0.15, -0.1) is 0 Å². The lowest BCUT2D eigenvalue weighted by Gasteiger charge is -2.53. The van der Waals surface area contributed by atoms with Crippen LogP contribution >= 0.6 is 0 Å². The molecule has 2 heterocycles. The molecule has 0 aromatic carbocycles. The molecular weight excluding hydrogens is 320 g/mol. The largest absolute Gasteiger partial charge is 0.394 e. The molecule has 0 bridgehead atoms. The summed E-state index contributed by atoms with van der Waals surface area (Å²) in [5.41, 5.74) is -2.79. The third-order valence-corrected chi connectivity index (χ3v) is 4.41. The molecule has 0 unspecified atom stereocenters. The van der Waals surface area contributed by atoms with Gasteiger partial charge in [0.1, 0.15) is 48.8 Å². The zero-order valence-electron chi connectivity index (χ0n) is 12.0. The second-order valence-corrected chi connectivity index (χ2v) is 5.78. The quantitative estimate of drug-likeness (QED) is 0.236. The molecule has 11 nitrogen and oxygen atoms in total. The minimum absolute atomic E-state index is 0.764. The highest BCUT2D eigenvalue weighted by Crippen LogP contribution is 2.38. The van der Waals surface area contributed by atoms with Gasteiger partial charge in [-0.05, 0) is 0 Å². The summed E-state index contributed by atoms with van der Waals surface area (Å²) in [6.45, 7) is -1.55. The molecule has 0 aromatic rings. The maximum atomic E-state index is 10.6. The van der Waals surface area contributed by atoms with Crippen molar-refractivity contribution in [2.45, 2.75) is 60.7 Å². The molecule has 0 aromatic heterocycles. The molecule has 2 rings (SSSR count). The zero-order chi connectivity index (χ0) is 17.5. The van der Waals surface area contributed by atoms with E-state index in [4.69, 9.17) is 19.7 Å². The van der Waals surface area contributed by atoms with Crippen LogP contribution in [0.4, 0.5) is 0 Å². The fourth-order valence-corrected chi connectivity index (χ4v) is 2.92. The summed E-state index contributed by atoms with van der Waals surface area (Å²) in [6, 6.07) is 0. The lowest BCUT2D eigenvalue weighted by Crippen LogP contribution is -2.76. The molecule has 2 aliphatic rings. The third-order valence-electron chi connectivity index (χ3n) is 4.41. The predicted octanol–water partition coefficient (Wildman–Crippen LogP) is -6.01. The van der Waals surface area contributed by atoms with Crippen molar-refractivity contribution in [1.29, 1.82) is 0 Å². The first-order valence-electron chi connectivity index (χ1n) is 7.03. The van der Waals surface area contributed by atoms with Crippen LogP contribution in [0.25, 0.3) is 0 Å². The van der Waals surface area contributed by atoms with E-state index >= 15 is 0 Å². The van der Waals surface area contributed by atoms with Crippen molar-refractivity contribution in [3.8, 4) is 0 Å². The van der Waals surface area contributed by atoms with Crippen LogP contribution in [-0.2, 0) is 9.47 Å². The smallest absolute Gasteiger partial charge is 0.189 e. The zero-order valence-corrected chi connectivity index (χ0v) is 12.0. The Morgan fingerprint density at radius 3 is 1.74 bits per heavy atom. The fraction of sp³-hybridized carbons (Fsp3) is 1.00. The average Bonchev–Trinajstić information content (AvgIpc) is 2.54. The summed E-state index contributed by atoms with van der Waals surface area (Å²) in [5.74, 6) is 0. The molecule has 0 radical (unpaired) electrons. The summed E-state index contributed by atoms with van der Waals surface area (Å²) in [6.07, 6.45) is -16.4. The Labute approximate surface area is 130 Å². The minimum atomic E-state index is -2.79. The van der Waals surface area contributed by atoms with E-state index in [1.807, 2.05) is 0 Å². The first-order valence-corrected chi connectivity index (χ1v) is 7.03. The summed E-state index contributed by atoms with van der Waals surface area (Å²) < 4.78 is 9.91. The van der Waals surface area contributed by atoms with Crippen molar-refractivity contribution in [3.63, 3.8) is 0 Å². The maximum Gasteiger partial charge on any atom is 0.189 e. The number of ether oxygens (including phenoxy) is 2. The highest BCUT2D eigenvalue weighted by molar-refractivity contribution is 5.10. The van der Waals surface area contributed by atoms with Crippen LogP contribution in [0.15, 0.2) is 0 Å². The molecular formula is C12H22O11. The molecule has 2 aliphatic heterocycles. The molecule has 11 heteroatoms. The van der Waals surface area contributed by atoms with Gasteiger partial charge in [-0.25, -0.2) is 0 Å². The lowest BCUT2D eigenvalue weighted by molar-refractivity contribution is -0.378. The van der Waals surface area contributed by atoms with Crippen LogP contribution in [0.2, 0.25) is 0 Å². The molecule has 136 valence electrons. The van der Waals surface area contributed by atoms with Crippen molar-refractivity contribution in [2.75, 3.05) is 13.2 Å². The van der Waals surface area contributed by atoms with E-state index in [0.717, 1.165) is 0 Å². The van der Waals surface area contributed by atoms with E-state index in [1.54, 1.807) is 0 Å². The van der Waals surface area contributed by atoms with Crippen molar-refractivity contribution in [2.24, 2.45) is 0 Å². The van der Waals surface area contributed by atoms with E-state index in [0.29, 0.717) is 0 Å². The molecule has 0 aliphatic carbocycles. The van der Waals surface area contributed by atoms with Crippen molar-refractivity contribution in [3.05, 3.63) is 0 Å². The SMILES string of the molecule is OC[C@H]1O[C@H](O)[C@@](O)([C@H]2O[C@H](CO)[C@@H](O)[C@H](O)[C@H]2O)[C@@H](O)[C@@H]1O. The standard InChI is InChI=1S/C12H22O11/c13-1-3-5(15)7(17)8(18)10(22-3)12(21)9(19)6(16)4(2-14)23-11(12)20/h3-11,13-21H,1-2H2/t3-,4-,5-,6-,7+,8-,9+,10+,11+,12+/m1/s1. The Kier molecular flexibility index (Phi) is 5.60. The third kappa shape index (κ3) is 2.88. The Bertz CT molecular complexity index is 406. The van der Waals surface area contributed by atoms with Crippen molar-refractivity contribution < 1.29 is 55.4 Å². The number of hydrogen-bond acceptors (Lipinski definition) is 11. The Hall–Kier alpha value is -0.440. The number of aliphatic hydroxyl groups excluding tert-OH is 8. The van der Waals surface area contributed by atoms with Crippen LogP contribution in [0, 0.1) is 0 Å². The Morgan fingerprint density at radius 2 is 1.22 bits per heavy atom. The van der Waals surface area contributed by atoms with Gasteiger partial charge in [-0.3, -0.25) is 0 Å². The first-order chi connectivity index (χ1) is 10.7. The Balaban J connectivity index is 2.33. The van der Waals surface area contributed by atoms with Crippen LogP contribution in [-0.4, -0.2) is 120 Å². The van der Waals surface area contributed by atoms with Gasteiger partial charge < -0.3 is 55.4 Å². The van der Waals surface area contributed by atoms with Crippen LogP contribution in [0.1, 0.15) is 0 Å². The van der Waals surface area contributed by atoms with E-state index in [2.05, 4.69) is 0 Å². The van der Waals surface area contributed by atoms with Gasteiger partial charge in [0.2, 0.25) is 0 Å². The maximum absolute atomic E-state index is 10.6. The van der Waals surface area contributed by atoms with Crippen LogP contribution in [0.5, 0.6) is 0 Å². The second-order valence-electron chi connectivity index (χ2n) is 5.78. The van der Waals surface area contributed by atoms with Gasteiger partial charge in [0.05, 0.1) is 13.2 Å². The normalized spacial score (nSPS) is 54.9. The number of aliphatic hydroxyl groups is 9. The van der Waals surface area contributed by atoms with Crippen molar-refractivity contribution in [1.82, 2.24) is 0 Å². The molecule has 10 atom stereocenters. The molecule has 0 saturated carbocycles. The summed E-state index contributed by atoms with van der Waals surface area (Å²) >= 11 is 0. The molecule has 2 fully saturated rings. The predicted molar refractivity (Wildman–Crippen MR) is 68.7 cm³/mol. The fourth-order valence-electron chi connectivity index (χ4n) is 2.92. The highest BCUT2D eigenvalue weighted by atomic mass is 16.7. The number of hydrogen-bond donors (Lipinski definition) is 9. The van der Waals surface area contributed by atoms with Gasteiger partial charge in [0.25, 0.3) is 0 Å².